The summed E-state index contributed by atoms with van der Waals surface area (Å²) in [5, 5.41) is 4.28. The van der Waals surface area contributed by atoms with Crippen LogP contribution in [0, 0.1) is 5.92 Å². The third-order valence-corrected chi connectivity index (χ3v) is 7.26. The van der Waals surface area contributed by atoms with Crippen molar-refractivity contribution in [3.05, 3.63) is 47.8 Å². The maximum absolute atomic E-state index is 13.3. The number of likely N-dealkylation sites (N-methyl/N-ethyl adjacent to an activating group) is 1. The molecule has 1 aromatic carbocycles. The molecule has 0 amide bonds. The van der Waals surface area contributed by atoms with Gasteiger partial charge >= 0.3 is 0 Å². The maximum atomic E-state index is 13.3. The molecule has 3 rings (SSSR count). The Balaban J connectivity index is 1.87. The van der Waals surface area contributed by atoms with Crippen LogP contribution in [0.5, 0.6) is 0 Å². The highest BCUT2D eigenvalue weighted by Crippen LogP contribution is 2.22. The lowest BCUT2D eigenvalue weighted by atomic mass is 10.2. The van der Waals surface area contributed by atoms with Crippen molar-refractivity contribution < 1.29 is 8.42 Å². The van der Waals surface area contributed by atoms with E-state index in [0.29, 0.717) is 19.1 Å². The van der Waals surface area contributed by atoms with Crippen LogP contribution in [-0.4, -0.2) is 66.1 Å². The van der Waals surface area contributed by atoms with E-state index in [1.54, 1.807) is 6.20 Å². The molecule has 1 aromatic heterocycles. The molecule has 1 saturated carbocycles. The monoisotopic (exact) mass is 477 g/mol. The van der Waals surface area contributed by atoms with E-state index in [1.807, 2.05) is 49.0 Å². The Kier molecular flexibility index (Phi) is 8.30. The molecule has 0 spiro atoms. The van der Waals surface area contributed by atoms with Crippen LogP contribution in [0.3, 0.4) is 0 Å². The van der Waals surface area contributed by atoms with E-state index in [2.05, 4.69) is 33.9 Å². The second-order valence-corrected chi connectivity index (χ2v) is 11.5. The van der Waals surface area contributed by atoms with Crippen molar-refractivity contribution in [1.82, 2.24) is 24.7 Å². The van der Waals surface area contributed by atoms with Crippen LogP contribution in [0.1, 0.15) is 37.9 Å². The fourth-order valence-corrected chi connectivity index (χ4v) is 5.27. The third-order valence-electron chi connectivity index (χ3n) is 5.29. The van der Waals surface area contributed by atoms with Crippen LogP contribution in [0.15, 0.2) is 41.7 Å². The fourth-order valence-electron chi connectivity index (χ4n) is 3.45. The highest BCUT2D eigenvalue weighted by molar-refractivity contribution is 7.90. The lowest BCUT2D eigenvalue weighted by Crippen LogP contribution is -2.43. The van der Waals surface area contributed by atoms with Gasteiger partial charge in [-0.05, 0) is 50.6 Å². The number of nitrogens with one attached hydrogen (secondary N) is 1. The summed E-state index contributed by atoms with van der Waals surface area (Å²) in [6.45, 7) is 6.88. The molecule has 2 aromatic rings. The molecule has 0 unspecified atom stereocenters. The molecule has 1 heterocycles. The van der Waals surface area contributed by atoms with Crippen molar-refractivity contribution in [3.8, 4) is 0 Å². The molecule has 1 N–H and O–H groups in total. The molecule has 1 fully saturated rings. The molecule has 32 heavy (non-hydrogen) atoms. The van der Waals surface area contributed by atoms with E-state index in [1.165, 1.54) is 0 Å². The number of nitrogens with zero attached hydrogens (tertiary/aromatic N) is 4. The quantitative estimate of drug-likeness (QED) is 0.499. The molecule has 0 aliphatic heterocycles. The van der Waals surface area contributed by atoms with Crippen molar-refractivity contribution >= 4 is 27.2 Å². The maximum Gasteiger partial charge on any atom is 0.228 e. The van der Waals surface area contributed by atoms with E-state index >= 15 is 0 Å². The lowest BCUT2D eigenvalue weighted by molar-refractivity contribution is 0.314. The first-order valence-electron chi connectivity index (χ1n) is 11.2. The molecule has 9 heteroatoms. The molecule has 7 nitrogen and oxygen atoms in total. The summed E-state index contributed by atoms with van der Waals surface area (Å²) >= 11 is 5.69. The number of imidazole rings is 1. The SMILES string of the molecule is CC(C)Cn1c(CN(CCN(C)C)C(=S)NC2CC2)cnc1S(=O)(=O)Cc1ccccc1. The predicted molar refractivity (Wildman–Crippen MR) is 132 cm³/mol. The normalized spacial score (nSPS) is 14.2. The Hall–Kier alpha value is -1.97. The van der Waals surface area contributed by atoms with Gasteiger partial charge in [0.1, 0.15) is 0 Å². The van der Waals surface area contributed by atoms with E-state index in [0.717, 1.165) is 42.3 Å². The first-order chi connectivity index (χ1) is 15.2. The van der Waals surface area contributed by atoms with Crippen LogP contribution >= 0.6 is 12.2 Å². The van der Waals surface area contributed by atoms with Gasteiger partial charge in [-0.25, -0.2) is 13.4 Å². The molecule has 1 aliphatic carbocycles. The number of sulfone groups is 1. The third kappa shape index (κ3) is 7.02. The summed E-state index contributed by atoms with van der Waals surface area (Å²) in [5.74, 6) is 0.217. The van der Waals surface area contributed by atoms with E-state index in [-0.39, 0.29) is 16.8 Å². The van der Waals surface area contributed by atoms with Gasteiger partial charge in [-0.3, -0.25) is 0 Å². The summed E-state index contributed by atoms with van der Waals surface area (Å²) in [6.07, 6.45) is 3.99. The molecular formula is C23H35N5O2S2. The minimum atomic E-state index is -3.58. The summed E-state index contributed by atoms with van der Waals surface area (Å²) in [7, 11) is 0.486. The van der Waals surface area contributed by atoms with E-state index in [4.69, 9.17) is 12.2 Å². The van der Waals surface area contributed by atoms with Crippen LogP contribution in [0.2, 0.25) is 0 Å². The number of aromatic nitrogens is 2. The zero-order valence-electron chi connectivity index (χ0n) is 19.5. The van der Waals surface area contributed by atoms with Crippen molar-refractivity contribution in [2.75, 3.05) is 27.2 Å². The Morgan fingerprint density at radius 1 is 1.22 bits per heavy atom. The van der Waals surface area contributed by atoms with Gasteiger partial charge in [-0.2, -0.15) is 0 Å². The van der Waals surface area contributed by atoms with Gasteiger partial charge in [0.15, 0.2) is 5.11 Å². The topological polar surface area (TPSA) is 70.5 Å². The molecule has 0 atom stereocenters. The molecule has 0 bridgehead atoms. The molecule has 0 saturated heterocycles. The van der Waals surface area contributed by atoms with Crippen LogP contribution in [0.25, 0.3) is 0 Å². The van der Waals surface area contributed by atoms with Gasteiger partial charge in [-0.1, -0.05) is 44.2 Å². The average Bonchev–Trinajstić information content (AvgIpc) is 3.44. The Labute approximate surface area is 197 Å². The summed E-state index contributed by atoms with van der Waals surface area (Å²) in [6, 6.07) is 9.72. The van der Waals surface area contributed by atoms with Crippen LogP contribution in [0.4, 0.5) is 0 Å². The zero-order valence-corrected chi connectivity index (χ0v) is 21.1. The van der Waals surface area contributed by atoms with E-state index < -0.39 is 9.84 Å². The number of hydrogen-bond acceptors (Lipinski definition) is 5. The van der Waals surface area contributed by atoms with Gasteiger partial charge in [0.25, 0.3) is 0 Å². The number of rotatable bonds is 11. The molecule has 176 valence electrons. The Morgan fingerprint density at radius 2 is 1.91 bits per heavy atom. The Bertz CT molecular complexity index is 999. The largest absolute Gasteiger partial charge is 0.360 e. The molecule has 1 aliphatic rings. The highest BCUT2D eigenvalue weighted by Gasteiger charge is 2.27. The smallest absolute Gasteiger partial charge is 0.228 e. The van der Waals surface area contributed by atoms with Crippen LogP contribution in [-0.2, 0) is 28.7 Å². The summed E-state index contributed by atoms with van der Waals surface area (Å²) in [4.78, 5) is 8.63. The second kappa shape index (κ2) is 10.8. The summed E-state index contributed by atoms with van der Waals surface area (Å²) in [5.41, 5.74) is 1.62. The first kappa shape index (κ1) is 24.7. The minimum Gasteiger partial charge on any atom is -0.360 e. The molecular weight excluding hydrogens is 442 g/mol. The van der Waals surface area contributed by atoms with Gasteiger partial charge < -0.3 is 19.7 Å². The average molecular weight is 478 g/mol. The van der Waals surface area contributed by atoms with Gasteiger partial charge in [0.2, 0.25) is 15.0 Å². The fraction of sp³-hybridized carbons (Fsp3) is 0.565. The number of thiocarbonyl (C=S) groups is 1. The lowest BCUT2D eigenvalue weighted by Gasteiger charge is -2.28. The van der Waals surface area contributed by atoms with Crippen molar-refractivity contribution in [2.45, 2.75) is 56.7 Å². The number of benzene rings is 1. The van der Waals surface area contributed by atoms with Crippen LogP contribution < -0.4 is 5.32 Å². The Morgan fingerprint density at radius 3 is 2.50 bits per heavy atom. The zero-order chi connectivity index (χ0) is 23.3. The predicted octanol–water partition coefficient (Wildman–Crippen LogP) is 2.91. The standard InChI is InChI=1S/C23H35N5O2S2/c1-18(2)15-28-21(16-27(13-12-26(3)4)22(31)25-20-10-11-20)14-24-23(28)32(29,30)17-19-8-6-5-7-9-19/h5-9,14,18,20H,10-13,15-17H2,1-4H3,(H,25,31). The molecule has 0 radical (unpaired) electrons. The first-order valence-corrected chi connectivity index (χ1v) is 13.2. The van der Waals surface area contributed by atoms with Crippen molar-refractivity contribution in [2.24, 2.45) is 5.92 Å². The van der Waals surface area contributed by atoms with Gasteiger partial charge in [-0.15, -0.1) is 0 Å². The second-order valence-electron chi connectivity index (χ2n) is 9.23. The van der Waals surface area contributed by atoms with Crippen molar-refractivity contribution in [1.29, 1.82) is 0 Å². The number of hydrogen-bond donors (Lipinski definition) is 1. The highest BCUT2D eigenvalue weighted by atomic mass is 32.2. The minimum absolute atomic E-state index is 0.0611. The summed E-state index contributed by atoms with van der Waals surface area (Å²) < 4.78 is 28.4. The van der Waals surface area contributed by atoms with E-state index in [9.17, 15) is 8.42 Å². The van der Waals surface area contributed by atoms with Gasteiger partial charge in [0, 0.05) is 25.7 Å². The van der Waals surface area contributed by atoms with Crippen molar-refractivity contribution in [3.63, 3.8) is 0 Å². The van der Waals surface area contributed by atoms with Gasteiger partial charge in [0.05, 0.1) is 24.2 Å².